The summed E-state index contributed by atoms with van der Waals surface area (Å²) in [6.07, 6.45) is 0. The van der Waals surface area contributed by atoms with Crippen molar-refractivity contribution in [2.24, 2.45) is 0 Å². The highest BCUT2D eigenvalue weighted by atomic mass is 16.5. The van der Waals surface area contributed by atoms with E-state index in [0.717, 1.165) is 39.7 Å². The number of aromatic nitrogens is 2. The minimum atomic E-state index is 0.760. The average molecular weight is 316 g/mol. The van der Waals surface area contributed by atoms with E-state index in [-0.39, 0.29) is 0 Å². The van der Waals surface area contributed by atoms with Crippen molar-refractivity contribution < 1.29 is 9.47 Å². The number of ether oxygens (including phenoxy) is 2. The van der Waals surface area contributed by atoms with Gasteiger partial charge in [-0.05, 0) is 36.4 Å². The molecule has 0 amide bonds. The van der Waals surface area contributed by atoms with Gasteiger partial charge in [0.25, 0.3) is 0 Å². The second-order valence-corrected chi connectivity index (χ2v) is 5.41. The van der Waals surface area contributed by atoms with Gasteiger partial charge < -0.3 is 14.5 Å². The van der Waals surface area contributed by atoms with Crippen molar-refractivity contribution in [3.05, 3.63) is 72.8 Å². The summed E-state index contributed by atoms with van der Waals surface area (Å²) in [5.74, 6) is 3.18. The largest absolute Gasteiger partial charge is 0.497 e. The van der Waals surface area contributed by atoms with Crippen molar-refractivity contribution in [2.45, 2.75) is 0 Å². The number of nitrogens with one attached hydrogen (secondary N) is 1. The summed E-state index contributed by atoms with van der Waals surface area (Å²) in [6, 6.07) is 23.4. The van der Waals surface area contributed by atoms with E-state index < -0.39 is 0 Å². The standard InChI is InChI=1S/C20H16N2O2/c1-23-15-7-9-16(10-8-15)24-17-11-12-18-19(13-17)22-20(21-18)14-5-3-2-4-6-14/h2-13H,1H3,(H,21,22). The fourth-order valence-corrected chi connectivity index (χ4v) is 2.56. The summed E-state index contributed by atoms with van der Waals surface area (Å²) in [5, 5.41) is 0. The van der Waals surface area contributed by atoms with E-state index in [0.29, 0.717) is 0 Å². The molecule has 4 heteroatoms. The minimum Gasteiger partial charge on any atom is -0.497 e. The van der Waals surface area contributed by atoms with Crippen LogP contribution in [0.5, 0.6) is 17.2 Å². The molecule has 24 heavy (non-hydrogen) atoms. The molecule has 0 saturated carbocycles. The molecule has 0 atom stereocenters. The third-order valence-electron chi connectivity index (χ3n) is 3.80. The van der Waals surface area contributed by atoms with Gasteiger partial charge in [0.1, 0.15) is 23.1 Å². The lowest BCUT2D eigenvalue weighted by Gasteiger charge is -2.06. The molecule has 0 aliphatic heterocycles. The summed E-state index contributed by atoms with van der Waals surface area (Å²) < 4.78 is 11.1. The second-order valence-electron chi connectivity index (χ2n) is 5.41. The first-order valence-electron chi connectivity index (χ1n) is 7.69. The Labute approximate surface area is 139 Å². The van der Waals surface area contributed by atoms with E-state index in [4.69, 9.17) is 9.47 Å². The van der Waals surface area contributed by atoms with E-state index in [1.54, 1.807) is 7.11 Å². The molecule has 0 aliphatic rings. The monoisotopic (exact) mass is 316 g/mol. The molecule has 4 rings (SSSR count). The van der Waals surface area contributed by atoms with Gasteiger partial charge in [-0.15, -0.1) is 0 Å². The molecule has 0 bridgehead atoms. The molecule has 0 fully saturated rings. The lowest BCUT2D eigenvalue weighted by Crippen LogP contribution is -1.85. The van der Waals surface area contributed by atoms with Gasteiger partial charge in [-0.25, -0.2) is 4.98 Å². The Bertz CT molecular complexity index is 960. The van der Waals surface area contributed by atoms with Gasteiger partial charge in [-0.3, -0.25) is 0 Å². The van der Waals surface area contributed by atoms with Crippen molar-refractivity contribution in [1.29, 1.82) is 0 Å². The highest BCUT2D eigenvalue weighted by Crippen LogP contribution is 2.27. The van der Waals surface area contributed by atoms with Gasteiger partial charge in [0.2, 0.25) is 0 Å². The average Bonchev–Trinajstić information content (AvgIpc) is 3.06. The topological polar surface area (TPSA) is 47.1 Å². The number of fused-ring (bicyclic) bond motifs is 1. The smallest absolute Gasteiger partial charge is 0.138 e. The first-order valence-corrected chi connectivity index (χ1v) is 7.69. The molecule has 1 heterocycles. The van der Waals surface area contributed by atoms with Crippen LogP contribution in [0.4, 0.5) is 0 Å². The maximum atomic E-state index is 5.90. The molecule has 0 saturated heterocycles. The predicted octanol–water partition coefficient (Wildman–Crippen LogP) is 5.03. The Morgan fingerprint density at radius 3 is 2.25 bits per heavy atom. The van der Waals surface area contributed by atoms with Crippen molar-refractivity contribution in [2.75, 3.05) is 7.11 Å². The summed E-state index contributed by atoms with van der Waals surface area (Å²) in [7, 11) is 1.65. The number of aromatic amines is 1. The van der Waals surface area contributed by atoms with Crippen molar-refractivity contribution >= 4 is 11.0 Å². The molecule has 0 radical (unpaired) electrons. The van der Waals surface area contributed by atoms with Gasteiger partial charge in [0.05, 0.1) is 18.1 Å². The molecule has 118 valence electrons. The van der Waals surface area contributed by atoms with Crippen LogP contribution in [0.25, 0.3) is 22.4 Å². The molecule has 0 aliphatic carbocycles. The van der Waals surface area contributed by atoms with Crippen LogP contribution in [-0.2, 0) is 0 Å². The van der Waals surface area contributed by atoms with Crippen molar-refractivity contribution in [1.82, 2.24) is 9.97 Å². The van der Waals surface area contributed by atoms with Crippen LogP contribution in [-0.4, -0.2) is 17.1 Å². The molecule has 1 aromatic heterocycles. The quantitative estimate of drug-likeness (QED) is 0.574. The zero-order valence-corrected chi connectivity index (χ0v) is 13.2. The Balaban J connectivity index is 1.63. The first-order chi connectivity index (χ1) is 11.8. The van der Waals surface area contributed by atoms with E-state index >= 15 is 0 Å². The van der Waals surface area contributed by atoms with E-state index in [2.05, 4.69) is 9.97 Å². The lowest BCUT2D eigenvalue weighted by atomic mass is 10.2. The number of benzene rings is 3. The van der Waals surface area contributed by atoms with Crippen LogP contribution in [0.1, 0.15) is 0 Å². The van der Waals surface area contributed by atoms with Gasteiger partial charge in [0, 0.05) is 11.6 Å². The Morgan fingerprint density at radius 2 is 1.50 bits per heavy atom. The van der Waals surface area contributed by atoms with Crippen LogP contribution in [0.2, 0.25) is 0 Å². The van der Waals surface area contributed by atoms with E-state index in [1.807, 2.05) is 72.8 Å². The second kappa shape index (κ2) is 6.08. The third-order valence-corrected chi connectivity index (χ3v) is 3.80. The first kappa shape index (κ1) is 14.3. The van der Waals surface area contributed by atoms with Crippen molar-refractivity contribution in [3.63, 3.8) is 0 Å². The number of hydrogen-bond donors (Lipinski definition) is 1. The molecule has 4 aromatic rings. The molecule has 1 N–H and O–H groups in total. The van der Waals surface area contributed by atoms with Gasteiger partial charge in [0.15, 0.2) is 0 Å². The number of rotatable bonds is 4. The predicted molar refractivity (Wildman–Crippen MR) is 94.6 cm³/mol. The highest BCUT2D eigenvalue weighted by Gasteiger charge is 2.06. The fraction of sp³-hybridized carbons (Fsp3) is 0.0500. The number of methoxy groups -OCH3 is 1. The van der Waals surface area contributed by atoms with E-state index in [9.17, 15) is 0 Å². The minimum absolute atomic E-state index is 0.760. The number of imidazole rings is 1. The van der Waals surface area contributed by atoms with Crippen LogP contribution < -0.4 is 9.47 Å². The Hall–Kier alpha value is -3.27. The van der Waals surface area contributed by atoms with Crippen LogP contribution in [0.3, 0.4) is 0 Å². The lowest BCUT2D eigenvalue weighted by molar-refractivity contribution is 0.413. The molecule has 0 unspecified atom stereocenters. The SMILES string of the molecule is COc1ccc(Oc2ccc3nc(-c4ccccc4)[nH]c3c2)cc1. The summed E-state index contributed by atoms with van der Waals surface area (Å²) >= 11 is 0. The normalized spacial score (nSPS) is 10.7. The molecule has 3 aromatic carbocycles. The maximum Gasteiger partial charge on any atom is 0.138 e. The zero-order valence-electron chi connectivity index (χ0n) is 13.2. The summed E-state index contributed by atoms with van der Waals surface area (Å²) in [4.78, 5) is 7.97. The maximum absolute atomic E-state index is 5.90. The van der Waals surface area contributed by atoms with Gasteiger partial charge in [-0.1, -0.05) is 30.3 Å². The molecular weight excluding hydrogens is 300 g/mol. The fourth-order valence-electron chi connectivity index (χ4n) is 2.56. The Morgan fingerprint density at radius 1 is 0.792 bits per heavy atom. The van der Waals surface area contributed by atoms with Crippen LogP contribution in [0, 0.1) is 0 Å². The van der Waals surface area contributed by atoms with Crippen LogP contribution in [0.15, 0.2) is 72.8 Å². The van der Waals surface area contributed by atoms with E-state index in [1.165, 1.54) is 0 Å². The number of hydrogen-bond acceptors (Lipinski definition) is 3. The van der Waals surface area contributed by atoms with Gasteiger partial charge >= 0.3 is 0 Å². The number of H-pyrrole nitrogens is 1. The summed E-state index contributed by atoms with van der Waals surface area (Å²) in [6.45, 7) is 0. The number of nitrogens with zero attached hydrogens (tertiary/aromatic N) is 1. The molecule has 0 spiro atoms. The highest BCUT2D eigenvalue weighted by molar-refractivity contribution is 5.80. The van der Waals surface area contributed by atoms with Crippen LogP contribution >= 0.6 is 0 Å². The zero-order chi connectivity index (χ0) is 16.4. The summed E-state index contributed by atoms with van der Waals surface area (Å²) in [5.41, 5.74) is 2.92. The molecular formula is C20H16N2O2. The Kier molecular flexibility index (Phi) is 3.63. The van der Waals surface area contributed by atoms with Crippen molar-refractivity contribution in [3.8, 4) is 28.6 Å². The molecule has 4 nitrogen and oxygen atoms in total. The van der Waals surface area contributed by atoms with Gasteiger partial charge in [-0.2, -0.15) is 0 Å². The third kappa shape index (κ3) is 2.82.